The summed E-state index contributed by atoms with van der Waals surface area (Å²) in [6.45, 7) is 4.13. The maximum atomic E-state index is 12.2. The third-order valence-corrected chi connectivity index (χ3v) is 5.47. The Kier molecular flexibility index (Phi) is 6.75. The number of rotatable bonds is 7. The topological polar surface area (TPSA) is 72.2 Å². The van der Waals surface area contributed by atoms with Crippen LogP contribution in [-0.2, 0) is 9.59 Å². The molecule has 6 heteroatoms. The van der Waals surface area contributed by atoms with Crippen molar-refractivity contribution in [2.24, 2.45) is 5.73 Å². The molecule has 0 aliphatic rings. The Hall–Kier alpha value is -1.92. The molecule has 0 unspecified atom stereocenters. The Morgan fingerprint density at radius 3 is 2.46 bits per heavy atom. The van der Waals surface area contributed by atoms with Crippen molar-refractivity contribution in [2.75, 3.05) is 16.8 Å². The van der Waals surface area contributed by atoms with Crippen molar-refractivity contribution in [3.05, 3.63) is 53.6 Å². The lowest BCUT2D eigenvalue weighted by Gasteiger charge is -2.10. The Bertz CT molecular complexity index is 748. The summed E-state index contributed by atoms with van der Waals surface area (Å²) in [5, 5.41) is 2.90. The summed E-state index contributed by atoms with van der Waals surface area (Å²) in [5.74, 6) is 0.0542. The first kappa shape index (κ1) is 18.4. The Balaban J connectivity index is 1.94. The highest BCUT2D eigenvalue weighted by atomic mass is 32.2. The molecule has 2 rings (SSSR count). The zero-order chi connectivity index (χ0) is 17.5. The number of carbonyl (C=O) groups is 2. The van der Waals surface area contributed by atoms with Gasteiger partial charge in [0, 0.05) is 9.79 Å². The van der Waals surface area contributed by atoms with Crippen molar-refractivity contribution >= 4 is 41.0 Å². The first-order chi connectivity index (χ1) is 11.5. The van der Waals surface area contributed by atoms with Crippen molar-refractivity contribution in [2.45, 2.75) is 23.6 Å². The largest absolute Gasteiger partial charge is 0.369 e. The average Bonchev–Trinajstić information content (AvgIpc) is 2.55. The van der Waals surface area contributed by atoms with E-state index in [4.69, 9.17) is 5.73 Å². The number of hydrogen-bond donors (Lipinski definition) is 2. The fourth-order valence-electron chi connectivity index (χ4n) is 1.98. The van der Waals surface area contributed by atoms with Gasteiger partial charge in [0.15, 0.2) is 0 Å². The molecular weight excluding hydrogens is 340 g/mol. The number of nitrogens with one attached hydrogen (secondary N) is 1. The first-order valence-corrected chi connectivity index (χ1v) is 9.43. The van der Waals surface area contributed by atoms with Gasteiger partial charge in [-0.2, -0.15) is 0 Å². The number of benzene rings is 2. The molecule has 0 spiro atoms. The van der Waals surface area contributed by atoms with E-state index in [9.17, 15) is 9.59 Å². The molecule has 0 fully saturated rings. The molecule has 0 atom stereocenters. The molecule has 0 saturated carbocycles. The van der Waals surface area contributed by atoms with Gasteiger partial charge in [-0.1, -0.05) is 18.2 Å². The van der Waals surface area contributed by atoms with Gasteiger partial charge in [0.05, 0.1) is 17.2 Å². The number of nitrogens with two attached hydrogens (primary N) is 1. The van der Waals surface area contributed by atoms with Crippen LogP contribution in [0.15, 0.2) is 52.3 Å². The van der Waals surface area contributed by atoms with Gasteiger partial charge >= 0.3 is 0 Å². The van der Waals surface area contributed by atoms with Crippen LogP contribution >= 0.6 is 23.5 Å². The number of para-hydroxylation sites is 1. The Morgan fingerprint density at radius 2 is 1.75 bits per heavy atom. The first-order valence-electron chi connectivity index (χ1n) is 7.46. The number of primary amides is 1. The third kappa shape index (κ3) is 5.62. The number of hydrogen-bond acceptors (Lipinski definition) is 4. The van der Waals surface area contributed by atoms with E-state index in [0.29, 0.717) is 11.4 Å². The lowest BCUT2D eigenvalue weighted by atomic mass is 10.1. The second-order valence-corrected chi connectivity index (χ2v) is 7.40. The van der Waals surface area contributed by atoms with E-state index in [0.717, 1.165) is 9.79 Å². The highest BCUT2D eigenvalue weighted by molar-refractivity contribution is 8.00. The molecule has 2 aromatic carbocycles. The molecular formula is C18H20N2O2S2. The summed E-state index contributed by atoms with van der Waals surface area (Å²) < 4.78 is 0. The van der Waals surface area contributed by atoms with E-state index in [1.54, 1.807) is 0 Å². The SMILES string of the molecule is Cc1ccc(SCC(=O)Nc2ccccc2SCC(N)=O)cc1C. The van der Waals surface area contributed by atoms with E-state index in [1.807, 2.05) is 30.3 Å². The van der Waals surface area contributed by atoms with Crippen LogP contribution in [-0.4, -0.2) is 23.3 Å². The van der Waals surface area contributed by atoms with E-state index >= 15 is 0 Å². The minimum Gasteiger partial charge on any atom is -0.369 e. The van der Waals surface area contributed by atoms with Crippen LogP contribution in [0.4, 0.5) is 5.69 Å². The molecule has 0 radical (unpaired) electrons. The molecule has 0 saturated heterocycles. The molecule has 2 amide bonds. The summed E-state index contributed by atoms with van der Waals surface area (Å²) in [6, 6.07) is 13.6. The molecule has 0 heterocycles. The van der Waals surface area contributed by atoms with E-state index in [-0.39, 0.29) is 17.6 Å². The second kappa shape index (κ2) is 8.80. The fraction of sp³-hybridized carbons (Fsp3) is 0.222. The summed E-state index contributed by atoms with van der Waals surface area (Å²) in [5.41, 5.74) is 8.34. The predicted octanol–water partition coefficient (Wildman–Crippen LogP) is 3.61. The van der Waals surface area contributed by atoms with Gasteiger partial charge in [0.2, 0.25) is 11.8 Å². The molecule has 4 nitrogen and oxygen atoms in total. The fourth-order valence-corrected chi connectivity index (χ4v) is 3.52. The zero-order valence-corrected chi connectivity index (χ0v) is 15.3. The summed E-state index contributed by atoms with van der Waals surface area (Å²) in [4.78, 5) is 25.0. The molecule has 0 aromatic heterocycles. The molecule has 2 aromatic rings. The van der Waals surface area contributed by atoms with E-state index < -0.39 is 0 Å². The van der Waals surface area contributed by atoms with Crippen LogP contribution in [0.1, 0.15) is 11.1 Å². The van der Waals surface area contributed by atoms with Crippen molar-refractivity contribution < 1.29 is 9.59 Å². The van der Waals surface area contributed by atoms with Crippen LogP contribution in [0.3, 0.4) is 0 Å². The highest BCUT2D eigenvalue weighted by Crippen LogP contribution is 2.27. The molecule has 0 aliphatic carbocycles. The van der Waals surface area contributed by atoms with Crippen molar-refractivity contribution in [3.8, 4) is 0 Å². The van der Waals surface area contributed by atoms with Crippen LogP contribution in [0.2, 0.25) is 0 Å². The van der Waals surface area contributed by atoms with Gasteiger partial charge in [-0.25, -0.2) is 0 Å². The van der Waals surface area contributed by atoms with Crippen LogP contribution in [0.25, 0.3) is 0 Å². The van der Waals surface area contributed by atoms with Crippen LogP contribution in [0.5, 0.6) is 0 Å². The average molecular weight is 361 g/mol. The zero-order valence-electron chi connectivity index (χ0n) is 13.7. The van der Waals surface area contributed by atoms with Crippen molar-refractivity contribution in [3.63, 3.8) is 0 Å². The third-order valence-electron chi connectivity index (χ3n) is 3.38. The lowest BCUT2D eigenvalue weighted by molar-refractivity contribution is -0.115. The van der Waals surface area contributed by atoms with Gasteiger partial charge < -0.3 is 11.1 Å². The monoisotopic (exact) mass is 360 g/mol. The predicted molar refractivity (Wildman–Crippen MR) is 102 cm³/mol. The smallest absolute Gasteiger partial charge is 0.234 e. The standard InChI is InChI=1S/C18H20N2O2S2/c1-12-7-8-14(9-13(12)2)23-11-18(22)20-15-5-3-4-6-16(15)24-10-17(19)21/h3-9H,10-11H2,1-2H3,(H2,19,21)(H,20,22). The summed E-state index contributed by atoms with van der Waals surface area (Å²) >= 11 is 2.82. The number of carbonyl (C=O) groups excluding carboxylic acids is 2. The van der Waals surface area contributed by atoms with Gasteiger partial charge in [-0.3, -0.25) is 9.59 Å². The second-order valence-electron chi connectivity index (χ2n) is 5.33. The Morgan fingerprint density at radius 1 is 1.00 bits per heavy atom. The molecule has 126 valence electrons. The van der Waals surface area contributed by atoms with E-state index in [1.165, 1.54) is 34.7 Å². The molecule has 0 bridgehead atoms. The number of aryl methyl sites for hydroxylation is 2. The summed E-state index contributed by atoms with van der Waals surface area (Å²) in [7, 11) is 0. The molecule has 0 aliphatic heterocycles. The van der Waals surface area contributed by atoms with E-state index in [2.05, 4.69) is 31.3 Å². The number of anilines is 1. The minimum absolute atomic E-state index is 0.0784. The quantitative estimate of drug-likeness (QED) is 0.740. The lowest BCUT2D eigenvalue weighted by Crippen LogP contribution is -2.15. The maximum Gasteiger partial charge on any atom is 0.234 e. The number of thioether (sulfide) groups is 2. The van der Waals surface area contributed by atoms with Gasteiger partial charge in [0.25, 0.3) is 0 Å². The van der Waals surface area contributed by atoms with Gasteiger partial charge in [-0.15, -0.1) is 23.5 Å². The maximum absolute atomic E-state index is 12.2. The highest BCUT2D eigenvalue weighted by Gasteiger charge is 2.09. The van der Waals surface area contributed by atoms with Crippen molar-refractivity contribution in [1.82, 2.24) is 0 Å². The minimum atomic E-state index is -0.383. The molecule has 24 heavy (non-hydrogen) atoms. The summed E-state index contributed by atoms with van der Waals surface area (Å²) in [6.07, 6.45) is 0. The molecule has 3 N–H and O–H groups in total. The van der Waals surface area contributed by atoms with Crippen molar-refractivity contribution in [1.29, 1.82) is 0 Å². The van der Waals surface area contributed by atoms with Gasteiger partial charge in [-0.05, 0) is 49.2 Å². The van der Waals surface area contributed by atoms with Crippen LogP contribution < -0.4 is 11.1 Å². The number of amides is 2. The van der Waals surface area contributed by atoms with Crippen LogP contribution in [0, 0.1) is 13.8 Å². The Labute approximate surface area is 150 Å². The van der Waals surface area contributed by atoms with Gasteiger partial charge in [0.1, 0.15) is 0 Å². The normalized spacial score (nSPS) is 10.4.